The summed E-state index contributed by atoms with van der Waals surface area (Å²) in [7, 11) is 0. The summed E-state index contributed by atoms with van der Waals surface area (Å²) in [5.74, 6) is 1.44. The monoisotopic (exact) mass is 464 g/mol. The average molecular weight is 465 g/mol. The van der Waals surface area contributed by atoms with E-state index in [2.05, 4.69) is 25.1 Å². The maximum absolute atomic E-state index is 11.9. The largest absolute Gasteiger partial charge is 0.490 e. The molecule has 2 aliphatic heterocycles. The summed E-state index contributed by atoms with van der Waals surface area (Å²) >= 11 is 0. The first kappa shape index (κ1) is 22.9. The van der Waals surface area contributed by atoms with Crippen molar-refractivity contribution < 1.29 is 9.53 Å². The van der Waals surface area contributed by atoms with Crippen LogP contribution in [0.3, 0.4) is 0 Å². The van der Waals surface area contributed by atoms with E-state index in [1.165, 1.54) is 32.1 Å². The minimum atomic E-state index is -0.593. The first-order chi connectivity index (χ1) is 16.7. The number of rotatable bonds is 7. The topological polar surface area (TPSA) is 96.6 Å². The zero-order valence-corrected chi connectivity index (χ0v) is 19.9. The van der Waals surface area contributed by atoms with Crippen molar-refractivity contribution in [1.82, 2.24) is 14.9 Å². The highest BCUT2D eigenvalue weighted by Crippen LogP contribution is 2.29. The van der Waals surface area contributed by atoms with E-state index in [-0.39, 0.29) is 11.8 Å². The Balaban J connectivity index is 1.20. The van der Waals surface area contributed by atoms with E-state index < -0.39 is 5.91 Å². The first-order valence-electron chi connectivity index (χ1n) is 12.9. The van der Waals surface area contributed by atoms with Gasteiger partial charge in [0, 0.05) is 37.9 Å². The number of amides is 1. The molecule has 1 amide bonds. The lowest BCUT2D eigenvalue weighted by atomic mass is 10.0. The number of nitrogens with one attached hydrogen (secondary N) is 1. The molecule has 0 unspecified atom stereocenters. The van der Waals surface area contributed by atoms with Gasteiger partial charge in [0.05, 0.1) is 6.20 Å². The van der Waals surface area contributed by atoms with E-state index >= 15 is 0 Å². The number of nitrogens with two attached hydrogens (primary N) is 1. The number of nitrogens with zero attached hydrogens (tertiary/aromatic N) is 4. The second-order valence-corrected chi connectivity index (χ2v) is 9.78. The molecule has 34 heavy (non-hydrogen) atoms. The predicted molar refractivity (Wildman–Crippen MR) is 134 cm³/mol. The lowest BCUT2D eigenvalue weighted by molar-refractivity contribution is 0.0768. The van der Waals surface area contributed by atoms with Gasteiger partial charge in [-0.3, -0.25) is 4.79 Å². The molecule has 3 fully saturated rings. The Bertz CT molecular complexity index is 962. The van der Waals surface area contributed by atoms with E-state index in [0.717, 1.165) is 75.2 Å². The number of piperidine rings is 2. The Labute approximate surface area is 201 Å². The quantitative estimate of drug-likeness (QED) is 0.637. The number of carbonyl (C=O) groups excluding carboxylic acids is 1. The number of benzene rings is 1. The maximum Gasteiger partial charge on any atom is 0.271 e. The minimum Gasteiger partial charge on any atom is -0.490 e. The molecule has 1 aromatic heterocycles. The van der Waals surface area contributed by atoms with Crippen molar-refractivity contribution in [3.8, 4) is 5.75 Å². The van der Waals surface area contributed by atoms with Crippen LogP contribution < -0.4 is 20.7 Å². The molecule has 5 rings (SSSR count). The number of carbonyl (C=O) groups is 1. The molecule has 1 saturated carbocycles. The van der Waals surface area contributed by atoms with Crippen LogP contribution >= 0.6 is 0 Å². The van der Waals surface area contributed by atoms with E-state index in [1.54, 1.807) is 6.20 Å². The molecule has 1 aliphatic carbocycles. The van der Waals surface area contributed by atoms with Crippen molar-refractivity contribution in [2.24, 2.45) is 5.73 Å². The van der Waals surface area contributed by atoms with Gasteiger partial charge in [0.1, 0.15) is 17.7 Å². The fourth-order valence-electron chi connectivity index (χ4n) is 5.50. The lowest BCUT2D eigenvalue weighted by Crippen LogP contribution is -2.43. The van der Waals surface area contributed by atoms with Crippen molar-refractivity contribution in [1.29, 1.82) is 0 Å². The molecule has 3 heterocycles. The summed E-state index contributed by atoms with van der Waals surface area (Å²) in [4.78, 5) is 25.8. The summed E-state index contributed by atoms with van der Waals surface area (Å²) in [5, 5.41) is 3.24. The number of ether oxygens (including phenoxy) is 1. The van der Waals surface area contributed by atoms with Crippen molar-refractivity contribution in [2.75, 3.05) is 36.4 Å². The van der Waals surface area contributed by atoms with Gasteiger partial charge in [0.2, 0.25) is 0 Å². The van der Waals surface area contributed by atoms with Gasteiger partial charge in [-0.1, -0.05) is 12.8 Å². The van der Waals surface area contributed by atoms with Crippen LogP contribution in [0.2, 0.25) is 0 Å². The van der Waals surface area contributed by atoms with Gasteiger partial charge in [0.15, 0.2) is 11.5 Å². The van der Waals surface area contributed by atoms with Crippen LogP contribution in [-0.4, -0.2) is 59.1 Å². The van der Waals surface area contributed by atoms with Gasteiger partial charge in [-0.2, -0.15) is 0 Å². The standard InChI is InChI=1S/C26H36N6O2/c27-25(33)24-26(30-23(18-28-24)32-14-4-1-5-15-32)29-19-8-10-21(11-9-19)34-22-12-16-31(17-13-22)20-6-2-3-7-20/h8-11,18,20,22H,1-7,12-17H2,(H2,27,33)(H,29,30). The molecular formula is C26H36N6O2. The third kappa shape index (κ3) is 5.43. The second-order valence-electron chi connectivity index (χ2n) is 9.78. The van der Waals surface area contributed by atoms with Crippen molar-refractivity contribution in [2.45, 2.75) is 69.9 Å². The van der Waals surface area contributed by atoms with Crippen LogP contribution in [0.4, 0.5) is 17.3 Å². The molecule has 2 saturated heterocycles. The summed E-state index contributed by atoms with van der Waals surface area (Å²) in [6.45, 7) is 4.18. The Morgan fingerprint density at radius 3 is 2.32 bits per heavy atom. The van der Waals surface area contributed by atoms with Gasteiger partial charge in [-0.25, -0.2) is 9.97 Å². The van der Waals surface area contributed by atoms with Gasteiger partial charge in [-0.05, 0) is 69.2 Å². The molecule has 8 heteroatoms. The van der Waals surface area contributed by atoms with Crippen LogP contribution in [0.25, 0.3) is 0 Å². The number of hydrogen-bond donors (Lipinski definition) is 2. The molecule has 0 radical (unpaired) electrons. The van der Waals surface area contributed by atoms with E-state index in [9.17, 15) is 4.79 Å². The number of anilines is 3. The molecule has 2 aromatic rings. The lowest BCUT2D eigenvalue weighted by Gasteiger charge is -2.36. The van der Waals surface area contributed by atoms with Gasteiger partial charge < -0.3 is 25.6 Å². The number of primary amides is 1. The zero-order valence-electron chi connectivity index (χ0n) is 19.9. The maximum atomic E-state index is 11.9. The number of hydrogen-bond acceptors (Lipinski definition) is 7. The fourth-order valence-corrected chi connectivity index (χ4v) is 5.50. The highest BCUT2D eigenvalue weighted by molar-refractivity contribution is 5.96. The molecule has 182 valence electrons. The first-order valence-corrected chi connectivity index (χ1v) is 12.9. The average Bonchev–Trinajstić information content (AvgIpc) is 3.41. The highest BCUT2D eigenvalue weighted by Gasteiger charge is 2.27. The minimum absolute atomic E-state index is 0.148. The summed E-state index contributed by atoms with van der Waals surface area (Å²) in [6.07, 6.45) is 13.1. The molecule has 8 nitrogen and oxygen atoms in total. The van der Waals surface area contributed by atoms with Gasteiger partial charge in [-0.15, -0.1) is 0 Å². The molecule has 3 aliphatic rings. The zero-order chi connectivity index (χ0) is 23.3. The third-order valence-corrected chi connectivity index (χ3v) is 7.41. The fraction of sp³-hybridized carbons (Fsp3) is 0.577. The smallest absolute Gasteiger partial charge is 0.271 e. The Morgan fingerprint density at radius 2 is 1.65 bits per heavy atom. The SMILES string of the molecule is NC(=O)c1ncc(N2CCCCC2)nc1Nc1ccc(OC2CCN(C3CCCC3)CC2)cc1. The van der Waals surface area contributed by atoms with Crippen LogP contribution in [-0.2, 0) is 0 Å². The van der Waals surface area contributed by atoms with E-state index in [0.29, 0.717) is 5.82 Å². The molecule has 3 N–H and O–H groups in total. The van der Waals surface area contributed by atoms with Crippen LogP contribution in [0, 0.1) is 0 Å². The number of aromatic nitrogens is 2. The van der Waals surface area contributed by atoms with Gasteiger partial charge in [0.25, 0.3) is 5.91 Å². The predicted octanol–water partition coefficient (Wildman–Crippen LogP) is 4.10. The molecule has 0 atom stereocenters. The second kappa shape index (κ2) is 10.6. The van der Waals surface area contributed by atoms with Crippen LogP contribution in [0.1, 0.15) is 68.3 Å². The van der Waals surface area contributed by atoms with E-state index in [1.807, 2.05) is 24.3 Å². The third-order valence-electron chi connectivity index (χ3n) is 7.41. The van der Waals surface area contributed by atoms with Crippen molar-refractivity contribution >= 4 is 23.2 Å². The highest BCUT2D eigenvalue weighted by atomic mass is 16.5. The normalized spacial score (nSPS) is 20.4. The van der Waals surface area contributed by atoms with Crippen LogP contribution in [0.15, 0.2) is 30.5 Å². The summed E-state index contributed by atoms with van der Waals surface area (Å²) in [6, 6.07) is 8.63. The van der Waals surface area contributed by atoms with Crippen LogP contribution in [0.5, 0.6) is 5.75 Å². The Kier molecular flexibility index (Phi) is 7.13. The summed E-state index contributed by atoms with van der Waals surface area (Å²) < 4.78 is 6.27. The van der Waals surface area contributed by atoms with Crippen molar-refractivity contribution in [3.05, 3.63) is 36.2 Å². The molecule has 1 aromatic carbocycles. The molecule has 0 bridgehead atoms. The number of likely N-dealkylation sites (tertiary alicyclic amines) is 1. The summed E-state index contributed by atoms with van der Waals surface area (Å²) in [5.41, 5.74) is 6.52. The Hall–Kier alpha value is -2.87. The van der Waals surface area contributed by atoms with Gasteiger partial charge >= 0.3 is 0 Å². The van der Waals surface area contributed by atoms with Crippen molar-refractivity contribution in [3.63, 3.8) is 0 Å². The van der Waals surface area contributed by atoms with E-state index in [4.69, 9.17) is 10.5 Å². The Morgan fingerprint density at radius 1 is 0.941 bits per heavy atom. The molecular weight excluding hydrogens is 428 g/mol. The molecule has 0 spiro atoms.